The maximum Gasteiger partial charge on any atom is 0.261 e. The van der Waals surface area contributed by atoms with Crippen LogP contribution in [-0.4, -0.2) is 60.7 Å². The number of aryl methyl sites for hydroxylation is 1. The zero-order chi connectivity index (χ0) is 23.5. The van der Waals surface area contributed by atoms with E-state index in [0.717, 1.165) is 24.8 Å². The molecule has 1 aromatic rings. The average Bonchev–Trinajstić information content (AvgIpc) is 3.48. The minimum Gasteiger partial charge on any atom is -0.483 e. The lowest BCUT2D eigenvalue weighted by Crippen LogP contribution is -2.52. The summed E-state index contributed by atoms with van der Waals surface area (Å²) in [5.41, 5.74) is 0.827. The van der Waals surface area contributed by atoms with E-state index in [9.17, 15) is 19.2 Å². The molecule has 1 aromatic carbocycles. The maximum atomic E-state index is 13.3. The number of hydrogen-bond acceptors (Lipinski definition) is 5. The van der Waals surface area contributed by atoms with Gasteiger partial charge in [0.25, 0.3) is 5.91 Å². The van der Waals surface area contributed by atoms with Gasteiger partial charge in [-0.25, -0.2) is 0 Å². The summed E-state index contributed by atoms with van der Waals surface area (Å²) < 4.78 is 5.74. The summed E-state index contributed by atoms with van der Waals surface area (Å²) in [5, 5.41) is 6.15. The third-order valence-electron chi connectivity index (χ3n) is 7.16. The number of halogens is 1. The van der Waals surface area contributed by atoms with Crippen molar-refractivity contribution in [1.82, 2.24) is 15.5 Å². The number of nitrogens with one attached hydrogen (secondary N) is 2. The highest BCUT2D eigenvalue weighted by atomic mass is 35.5. The van der Waals surface area contributed by atoms with Crippen LogP contribution in [0.15, 0.2) is 18.2 Å². The Morgan fingerprint density at radius 1 is 1.33 bits per heavy atom. The fourth-order valence-electron chi connectivity index (χ4n) is 5.49. The number of nitrogens with zero attached hydrogens (tertiary/aromatic N) is 1. The summed E-state index contributed by atoms with van der Waals surface area (Å²) >= 11 is 5.98. The van der Waals surface area contributed by atoms with E-state index in [4.69, 9.17) is 16.3 Å². The topological polar surface area (TPSA) is 105 Å². The largest absolute Gasteiger partial charge is 0.483 e. The first-order chi connectivity index (χ1) is 15.9. The molecule has 1 saturated carbocycles. The summed E-state index contributed by atoms with van der Waals surface area (Å²) in [5.74, 6) is -0.0152. The third-order valence-corrected chi connectivity index (χ3v) is 7.40. The number of ether oxygens (including phenoxy) is 1. The molecule has 0 bridgehead atoms. The molecule has 2 heterocycles. The maximum absolute atomic E-state index is 13.3. The Morgan fingerprint density at radius 3 is 2.85 bits per heavy atom. The van der Waals surface area contributed by atoms with Crippen LogP contribution in [0.4, 0.5) is 0 Å². The predicted octanol–water partition coefficient (Wildman–Crippen LogP) is 1.86. The Morgan fingerprint density at radius 2 is 2.15 bits per heavy atom. The SMILES string of the molecule is Cc1cc(Cl)ccc1OCC(=O)N1C[C@@H]2CCC[C@H]2[C@@H]1C(=O)N[C@H](C=O)C[C@@H]1CCNC1=O. The molecule has 0 radical (unpaired) electrons. The van der Waals surface area contributed by atoms with Gasteiger partial charge >= 0.3 is 0 Å². The van der Waals surface area contributed by atoms with Crippen molar-refractivity contribution in [2.24, 2.45) is 17.8 Å². The summed E-state index contributed by atoms with van der Waals surface area (Å²) in [7, 11) is 0. The molecule has 33 heavy (non-hydrogen) atoms. The minimum atomic E-state index is -0.753. The van der Waals surface area contributed by atoms with Gasteiger partial charge in [-0.2, -0.15) is 0 Å². The fourth-order valence-corrected chi connectivity index (χ4v) is 5.72. The molecular weight excluding hydrogens is 446 g/mol. The normalized spacial score (nSPS) is 27.1. The molecule has 2 saturated heterocycles. The second kappa shape index (κ2) is 10.1. The third kappa shape index (κ3) is 5.16. The van der Waals surface area contributed by atoms with Crippen LogP contribution in [-0.2, 0) is 19.2 Å². The number of carbonyl (C=O) groups excluding carboxylic acids is 4. The number of carbonyl (C=O) groups is 4. The Hall–Kier alpha value is -2.61. The van der Waals surface area contributed by atoms with Gasteiger partial charge in [-0.1, -0.05) is 18.0 Å². The van der Waals surface area contributed by atoms with Crippen LogP contribution in [0.25, 0.3) is 0 Å². The number of aldehydes is 1. The summed E-state index contributed by atoms with van der Waals surface area (Å²) in [6.45, 7) is 2.78. The van der Waals surface area contributed by atoms with E-state index in [-0.39, 0.29) is 48.5 Å². The molecule has 3 aliphatic rings. The Balaban J connectivity index is 1.42. The zero-order valence-electron chi connectivity index (χ0n) is 18.7. The van der Waals surface area contributed by atoms with Crippen molar-refractivity contribution in [3.63, 3.8) is 0 Å². The van der Waals surface area contributed by atoms with E-state index in [1.807, 2.05) is 6.92 Å². The lowest BCUT2D eigenvalue weighted by molar-refractivity contribution is -0.141. The molecule has 178 valence electrons. The van der Waals surface area contributed by atoms with Gasteiger partial charge in [-0.05, 0) is 68.2 Å². The molecule has 5 atom stereocenters. The van der Waals surface area contributed by atoms with Gasteiger partial charge in [0.15, 0.2) is 6.61 Å². The molecule has 0 unspecified atom stereocenters. The smallest absolute Gasteiger partial charge is 0.261 e. The lowest BCUT2D eigenvalue weighted by Gasteiger charge is -2.28. The van der Waals surface area contributed by atoms with Gasteiger partial charge in [0.1, 0.15) is 18.1 Å². The molecule has 8 nitrogen and oxygen atoms in total. The molecule has 4 rings (SSSR count). The molecular formula is C24H30ClN3O5. The van der Waals surface area contributed by atoms with Gasteiger partial charge in [0, 0.05) is 24.0 Å². The van der Waals surface area contributed by atoms with Gasteiger partial charge in [-0.3, -0.25) is 14.4 Å². The van der Waals surface area contributed by atoms with Crippen molar-refractivity contribution < 1.29 is 23.9 Å². The van der Waals surface area contributed by atoms with E-state index in [1.54, 1.807) is 23.1 Å². The predicted molar refractivity (Wildman–Crippen MR) is 122 cm³/mol. The highest BCUT2D eigenvalue weighted by Crippen LogP contribution is 2.42. The van der Waals surface area contributed by atoms with Crippen molar-refractivity contribution in [3.05, 3.63) is 28.8 Å². The molecule has 1 aliphatic carbocycles. The van der Waals surface area contributed by atoms with Crippen molar-refractivity contribution >= 4 is 35.6 Å². The van der Waals surface area contributed by atoms with Crippen molar-refractivity contribution in [1.29, 1.82) is 0 Å². The molecule has 2 N–H and O–H groups in total. The van der Waals surface area contributed by atoms with Crippen LogP contribution in [0.1, 0.15) is 37.7 Å². The molecule has 0 spiro atoms. The lowest BCUT2D eigenvalue weighted by atomic mass is 9.92. The molecule has 2 aliphatic heterocycles. The van der Waals surface area contributed by atoms with Gasteiger partial charge < -0.3 is 25.1 Å². The monoisotopic (exact) mass is 475 g/mol. The van der Waals surface area contributed by atoms with Gasteiger partial charge in [-0.15, -0.1) is 0 Å². The standard InChI is InChI=1S/C24H30ClN3O5/c1-14-9-17(25)5-6-20(14)33-13-21(30)28-11-16-3-2-4-19(16)22(28)24(32)27-18(12-29)10-15-7-8-26-23(15)31/h5-6,9,12,15-16,18-19,22H,2-4,7-8,10-11,13H2,1H3,(H,26,31)(H,27,32)/t15-,16-,18-,19+,22+/m0/s1. The Labute approximate surface area is 198 Å². The van der Waals surface area contributed by atoms with Crippen molar-refractivity contribution in [2.45, 2.75) is 51.1 Å². The minimum absolute atomic E-state index is 0.0771. The van der Waals surface area contributed by atoms with Gasteiger partial charge in [0.05, 0.1) is 6.04 Å². The molecule has 0 aromatic heterocycles. The Bertz CT molecular complexity index is 939. The van der Waals surface area contributed by atoms with E-state index in [1.165, 1.54) is 0 Å². The Kier molecular flexibility index (Phi) is 7.22. The number of benzene rings is 1. The van der Waals surface area contributed by atoms with Crippen LogP contribution in [0, 0.1) is 24.7 Å². The van der Waals surface area contributed by atoms with Crippen LogP contribution in [0.2, 0.25) is 5.02 Å². The number of likely N-dealkylation sites (tertiary alicyclic amines) is 1. The first-order valence-electron chi connectivity index (χ1n) is 11.6. The number of hydrogen-bond donors (Lipinski definition) is 2. The second-order valence-electron chi connectivity index (χ2n) is 9.31. The van der Waals surface area contributed by atoms with Crippen LogP contribution in [0.3, 0.4) is 0 Å². The number of amides is 3. The van der Waals surface area contributed by atoms with E-state index in [2.05, 4.69) is 10.6 Å². The number of fused-ring (bicyclic) bond motifs is 1. The van der Waals surface area contributed by atoms with Crippen molar-refractivity contribution in [2.75, 3.05) is 19.7 Å². The zero-order valence-corrected chi connectivity index (χ0v) is 19.5. The average molecular weight is 476 g/mol. The van der Waals surface area contributed by atoms with Crippen LogP contribution >= 0.6 is 11.6 Å². The highest BCUT2D eigenvalue weighted by Gasteiger charge is 2.49. The quantitative estimate of drug-likeness (QED) is 0.558. The first kappa shape index (κ1) is 23.5. The second-order valence-corrected chi connectivity index (χ2v) is 9.74. The summed E-state index contributed by atoms with van der Waals surface area (Å²) in [6, 6.07) is 3.81. The fraction of sp³-hybridized carbons (Fsp3) is 0.583. The summed E-state index contributed by atoms with van der Waals surface area (Å²) in [6.07, 6.45) is 4.49. The molecule has 3 fully saturated rings. The van der Waals surface area contributed by atoms with Gasteiger partial charge in [0.2, 0.25) is 11.8 Å². The molecule has 3 amide bonds. The van der Waals surface area contributed by atoms with E-state index >= 15 is 0 Å². The molecule has 9 heteroatoms. The van der Waals surface area contributed by atoms with Crippen molar-refractivity contribution in [3.8, 4) is 5.75 Å². The summed E-state index contributed by atoms with van der Waals surface area (Å²) in [4.78, 5) is 51.5. The van der Waals surface area contributed by atoms with Crippen LogP contribution in [0.5, 0.6) is 5.75 Å². The van der Waals surface area contributed by atoms with Crippen LogP contribution < -0.4 is 15.4 Å². The highest BCUT2D eigenvalue weighted by molar-refractivity contribution is 6.30. The van der Waals surface area contributed by atoms with E-state index < -0.39 is 12.1 Å². The first-order valence-corrected chi connectivity index (χ1v) is 12.0. The van der Waals surface area contributed by atoms with E-state index in [0.29, 0.717) is 36.6 Å². The number of rotatable bonds is 8.